The normalized spacial score (nSPS) is 19.2. The molecule has 3 heterocycles. The maximum atomic E-state index is 13.8. The quantitative estimate of drug-likeness (QED) is 0.758. The molecule has 2 aromatic heterocycles. The molecule has 1 aliphatic rings. The van der Waals surface area contributed by atoms with Gasteiger partial charge in [-0.1, -0.05) is 12.1 Å². The van der Waals surface area contributed by atoms with E-state index in [1.807, 2.05) is 34.9 Å². The first-order valence-electron chi connectivity index (χ1n) is 8.52. The van der Waals surface area contributed by atoms with E-state index in [1.54, 1.807) is 4.90 Å². The highest BCUT2D eigenvalue weighted by molar-refractivity contribution is 5.79. The van der Waals surface area contributed by atoms with Crippen LogP contribution in [-0.2, 0) is 6.54 Å². The molecule has 0 unspecified atom stereocenters. The number of nitriles is 1. The number of nitrogens with zero attached hydrogens (tertiary/aromatic N) is 6. The number of para-hydroxylation sites is 2. The molecule has 1 atom stereocenters. The number of halogens is 2. The predicted octanol–water partition coefficient (Wildman–Crippen LogP) is 1.92. The van der Waals surface area contributed by atoms with Crippen molar-refractivity contribution in [2.75, 3.05) is 18.0 Å². The van der Waals surface area contributed by atoms with Gasteiger partial charge in [-0.15, -0.1) is 0 Å². The average molecular weight is 369 g/mol. The maximum Gasteiger partial charge on any atom is 0.266 e. The molecule has 7 nitrogen and oxygen atoms in total. The number of nitrogens with two attached hydrogens (primary N) is 1. The van der Waals surface area contributed by atoms with E-state index in [4.69, 9.17) is 11.0 Å². The minimum absolute atomic E-state index is 0.0232. The molecule has 1 aromatic carbocycles. The van der Waals surface area contributed by atoms with Crippen LogP contribution in [0.2, 0.25) is 0 Å². The van der Waals surface area contributed by atoms with Crippen molar-refractivity contribution in [2.24, 2.45) is 5.73 Å². The number of piperidine rings is 1. The minimum Gasteiger partial charge on any atom is -0.340 e. The molecule has 0 spiro atoms. The summed E-state index contributed by atoms with van der Waals surface area (Å²) in [6.45, 7) is 0.551. The first kappa shape index (κ1) is 17.3. The third kappa shape index (κ3) is 3.19. The van der Waals surface area contributed by atoms with Gasteiger partial charge >= 0.3 is 0 Å². The fourth-order valence-corrected chi connectivity index (χ4v) is 3.23. The van der Waals surface area contributed by atoms with Crippen LogP contribution in [0.3, 0.4) is 0 Å². The highest BCUT2D eigenvalue weighted by Crippen LogP contribution is 2.31. The zero-order valence-electron chi connectivity index (χ0n) is 14.4. The average Bonchev–Trinajstić information content (AvgIpc) is 3.03. The molecule has 27 heavy (non-hydrogen) atoms. The fourth-order valence-electron chi connectivity index (χ4n) is 3.23. The predicted molar refractivity (Wildman–Crippen MR) is 95.3 cm³/mol. The summed E-state index contributed by atoms with van der Waals surface area (Å²) in [4.78, 5) is 14.7. The van der Waals surface area contributed by atoms with Crippen LogP contribution < -0.4 is 10.6 Å². The third-order valence-corrected chi connectivity index (χ3v) is 4.73. The van der Waals surface area contributed by atoms with Crippen LogP contribution in [0.4, 0.5) is 14.7 Å². The van der Waals surface area contributed by atoms with Crippen molar-refractivity contribution in [2.45, 2.75) is 24.9 Å². The molecule has 9 heteroatoms. The van der Waals surface area contributed by atoms with Gasteiger partial charge in [0.25, 0.3) is 5.92 Å². The lowest BCUT2D eigenvalue weighted by Gasteiger charge is -2.37. The molecule has 2 N–H and O–H groups in total. The first-order valence-corrected chi connectivity index (χ1v) is 8.52. The topological polar surface area (TPSA) is 96.7 Å². The molecule has 0 amide bonds. The molecule has 1 aliphatic heterocycles. The number of rotatable bonds is 3. The summed E-state index contributed by atoms with van der Waals surface area (Å²) < 4.78 is 29.5. The second-order valence-electron chi connectivity index (χ2n) is 6.55. The van der Waals surface area contributed by atoms with Gasteiger partial charge in [0, 0.05) is 19.5 Å². The van der Waals surface area contributed by atoms with E-state index < -0.39 is 12.0 Å². The largest absolute Gasteiger partial charge is 0.340 e. The number of hydrogen-bond acceptors (Lipinski definition) is 6. The zero-order valence-corrected chi connectivity index (χ0v) is 14.4. The van der Waals surface area contributed by atoms with Crippen molar-refractivity contribution in [3.63, 3.8) is 0 Å². The molecular weight excluding hydrogens is 352 g/mol. The summed E-state index contributed by atoms with van der Waals surface area (Å²) in [7, 11) is 0. The van der Waals surface area contributed by atoms with Crippen LogP contribution in [-0.4, -0.2) is 44.6 Å². The lowest BCUT2D eigenvalue weighted by Crippen LogP contribution is -2.55. The molecule has 0 radical (unpaired) electrons. The Morgan fingerprint density at radius 2 is 2.07 bits per heavy atom. The first-order chi connectivity index (χ1) is 13.0. The van der Waals surface area contributed by atoms with Crippen molar-refractivity contribution >= 4 is 17.0 Å². The van der Waals surface area contributed by atoms with E-state index in [-0.39, 0.29) is 25.2 Å². The van der Waals surface area contributed by atoms with E-state index in [0.717, 1.165) is 11.0 Å². The Balaban J connectivity index is 1.72. The number of aromatic nitrogens is 4. The minimum atomic E-state index is -2.87. The van der Waals surface area contributed by atoms with Gasteiger partial charge in [0.05, 0.1) is 41.7 Å². The maximum absolute atomic E-state index is 13.8. The van der Waals surface area contributed by atoms with Crippen molar-refractivity contribution in [1.82, 2.24) is 19.5 Å². The van der Waals surface area contributed by atoms with Crippen LogP contribution in [0, 0.1) is 11.3 Å². The highest BCUT2D eigenvalue weighted by atomic mass is 19.3. The summed E-state index contributed by atoms with van der Waals surface area (Å²) in [5, 5.41) is 8.86. The van der Waals surface area contributed by atoms with Gasteiger partial charge in [0.1, 0.15) is 6.07 Å². The van der Waals surface area contributed by atoms with E-state index in [1.165, 1.54) is 12.4 Å². The fraction of sp³-hybridized carbons (Fsp3) is 0.333. The Hall–Kier alpha value is -3.12. The van der Waals surface area contributed by atoms with E-state index in [9.17, 15) is 8.78 Å². The Kier molecular flexibility index (Phi) is 4.20. The number of hydrogen-bond donors (Lipinski definition) is 1. The highest BCUT2D eigenvalue weighted by Gasteiger charge is 2.42. The van der Waals surface area contributed by atoms with Crippen LogP contribution in [0.5, 0.6) is 0 Å². The number of alkyl halides is 2. The summed E-state index contributed by atoms with van der Waals surface area (Å²) in [6.07, 6.45) is 2.63. The van der Waals surface area contributed by atoms with Crippen LogP contribution >= 0.6 is 0 Å². The van der Waals surface area contributed by atoms with Gasteiger partial charge in [-0.2, -0.15) is 5.26 Å². The van der Waals surface area contributed by atoms with Crippen molar-refractivity contribution in [3.05, 3.63) is 48.0 Å². The molecule has 138 valence electrons. The second-order valence-corrected chi connectivity index (χ2v) is 6.55. The standard InChI is InChI=1S/C18H17F2N7/c19-18(20)5-6-26(11-16(18)22)17-25-14-3-1-2-4-15(14)27(17)10-13-9-23-12(7-21)8-24-13/h1-4,8-9,16H,5-6,10-11,22H2/t16-/m1/s1. The molecule has 0 aliphatic carbocycles. The molecule has 0 saturated carbocycles. The Morgan fingerprint density at radius 3 is 2.78 bits per heavy atom. The van der Waals surface area contributed by atoms with E-state index in [0.29, 0.717) is 18.2 Å². The Morgan fingerprint density at radius 1 is 1.26 bits per heavy atom. The van der Waals surface area contributed by atoms with Crippen LogP contribution in [0.15, 0.2) is 36.7 Å². The summed E-state index contributed by atoms with van der Waals surface area (Å²) in [5.74, 6) is -2.29. The Bertz CT molecular complexity index is 1010. The zero-order chi connectivity index (χ0) is 19.0. The summed E-state index contributed by atoms with van der Waals surface area (Å²) >= 11 is 0. The van der Waals surface area contributed by atoms with Crippen molar-refractivity contribution < 1.29 is 8.78 Å². The summed E-state index contributed by atoms with van der Waals surface area (Å²) in [5.41, 5.74) is 8.20. The molecule has 1 fully saturated rings. The second kappa shape index (κ2) is 6.55. The van der Waals surface area contributed by atoms with E-state index >= 15 is 0 Å². The number of imidazole rings is 1. The smallest absolute Gasteiger partial charge is 0.266 e. The summed E-state index contributed by atoms with van der Waals surface area (Å²) in [6, 6.07) is 8.25. The van der Waals surface area contributed by atoms with Gasteiger partial charge in [0.2, 0.25) is 5.95 Å². The molecular formula is C18H17F2N7. The molecule has 0 bridgehead atoms. The number of anilines is 1. The molecule has 1 saturated heterocycles. The van der Waals surface area contributed by atoms with Gasteiger partial charge in [0.15, 0.2) is 5.69 Å². The Labute approximate surface area is 154 Å². The van der Waals surface area contributed by atoms with Crippen molar-refractivity contribution in [1.29, 1.82) is 5.26 Å². The van der Waals surface area contributed by atoms with Crippen LogP contribution in [0.25, 0.3) is 11.0 Å². The van der Waals surface area contributed by atoms with Gasteiger partial charge < -0.3 is 15.2 Å². The van der Waals surface area contributed by atoms with Gasteiger partial charge in [-0.05, 0) is 12.1 Å². The number of benzene rings is 1. The lowest BCUT2D eigenvalue weighted by molar-refractivity contribution is -0.0395. The van der Waals surface area contributed by atoms with Gasteiger partial charge in [-0.25, -0.2) is 18.7 Å². The third-order valence-electron chi connectivity index (χ3n) is 4.73. The lowest BCUT2D eigenvalue weighted by atomic mass is 10.0. The van der Waals surface area contributed by atoms with E-state index in [2.05, 4.69) is 15.0 Å². The molecule has 3 aromatic rings. The number of fused-ring (bicyclic) bond motifs is 1. The van der Waals surface area contributed by atoms with Crippen molar-refractivity contribution in [3.8, 4) is 6.07 Å². The monoisotopic (exact) mass is 369 g/mol. The SMILES string of the molecule is N#Cc1cnc(Cn2c(N3CCC(F)(F)[C@H](N)C3)nc3ccccc32)cn1. The molecule has 4 rings (SSSR count). The van der Waals surface area contributed by atoms with Crippen LogP contribution in [0.1, 0.15) is 17.8 Å². The van der Waals surface area contributed by atoms with Gasteiger partial charge in [-0.3, -0.25) is 4.98 Å².